The lowest BCUT2D eigenvalue weighted by Crippen LogP contribution is -2.61. The summed E-state index contributed by atoms with van der Waals surface area (Å²) in [6.45, 7) is 0. The first-order valence-electron chi connectivity index (χ1n) is 8.35. The number of ether oxygens (including phenoxy) is 3. The first-order chi connectivity index (χ1) is 11.6. The van der Waals surface area contributed by atoms with Crippen LogP contribution in [0, 0.1) is 0 Å². The van der Waals surface area contributed by atoms with Gasteiger partial charge in [0.1, 0.15) is 12.0 Å². The lowest BCUT2D eigenvalue weighted by atomic mass is 9.57. The molecular formula is C19H21NO4. The molecule has 24 heavy (non-hydrogen) atoms. The highest BCUT2D eigenvalue weighted by atomic mass is 16.6. The van der Waals surface area contributed by atoms with Gasteiger partial charge in [0.05, 0.1) is 19.6 Å². The first kappa shape index (κ1) is 14.4. The van der Waals surface area contributed by atoms with Gasteiger partial charge in [-0.25, -0.2) is 0 Å². The number of rotatable bonds is 2. The molecule has 1 spiro atoms. The second-order valence-corrected chi connectivity index (χ2v) is 7.07. The molecule has 0 unspecified atom stereocenters. The van der Waals surface area contributed by atoms with E-state index in [1.807, 2.05) is 19.2 Å². The summed E-state index contributed by atoms with van der Waals surface area (Å²) in [4.78, 5) is 2.07. The van der Waals surface area contributed by atoms with E-state index >= 15 is 0 Å². The molecule has 1 fully saturated rings. The molecule has 5 rings (SSSR count). The van der Waals surface area contributed by atoms with Gasteiger partial charge in [0, 0.05) is 18.0 Å². The number of likely N-dealkylation sites (tertiary alicyclic amines) is 1. The zero-order valence-corrected chi connectivity index (χ0v) is 14.1. The maximum Gasteiger partial charge on any atom is 0.169 e. The Morgan fingerprint density at radius 1 is 1.25 bits per heavy atom. The molecule has 4 aliphatic rings. The summed E-state index contributed by atoms with van der Waals surface area (Å²) in [6, 6.07) is 4.31. The molecule has 2 aliphatic carbocycles. The van der Waals surface area contributed by atoms with E-state index in [2.05, 4.69) is 17.0 Å². The predicted octanol–water partition coefficient (Wildman–Crippen LogP) is 1.74. The molecule has 4 atom stereocenters. The van der Waals surface area contributed by atoms with E-state index in [9.17, 15) is 5.11 Å². The molecule has 0 radical (unpaired) electrons. The van der Waals surface area contributed by atoms with Crippen LogP contribution in [-0.4, -0.2) is 49.6 Å². The lowest BCUT2D eigenvalue weighted by molar-refractivity contribution is -0.0607. The molecule has 0 amide bonds. The first-order valence-corrected chi connectivity index (χ1v) is 8.35. The SMILES string of the molecule is COC1=CC=C2[C@H]3Cc4ccc(OC)c5c4[C@@]2(C[C@@H](O)N3C)[C@H]1O5. The number of benzene rings is 1. The van der Waals surface area contributed by atoms with Crippen molar-refractivity contribution in [2.24, 2.45) is 0 Å². The Hall–Kier alpha value is -1.98. The van der Waals surface area contributed by atoms with Crippen molar-refractivity contribution >= 4 is 0 Å². The summed E-state index contributed by atoms with van der Waals surface area (Å²) in [6.07, 6.45) is 4.92. The van der Waals surface area contributed by atoms with Crippen molar-refractivity contribution in [3.05, 3.63) is 46.7 Å². The maximum atomic E-state index is 10.7. The fraction of sp³-hybridized carbons (Fsp3) is 0.474. The van der Waals surface area contributed by atoms with E-state index in [1.165, 1.54) is 16.7 Å². The van der Waals surface area contributed by atoms with Crippen LogP contribution in [-0.2, 0) is 16.6 Å². The fourth-order valence-electron chi connectivity index (χ4n) is 5.13. The quantitative estimate of drug-likeness (QED) is 0.897. The Labute approximate surface area is 141 Å². The topological polar surface area (TPSA) is 51.2 Å². The number of likely N-dealkylation sites (N-methyl/N-ethyl adjacent to an activating group) is 1. The van der Waals surface area contributed by atoms with E-state index in [0.29, 0.717) is 6.42 Å². The van der Waals surface area contributed by atoms with Crippen LogP contribution in [0.25, 0.3) is 0 Å². The molecule has 0 aromatic heterocycles. The van der Waals surface area contributed by atoms with Gasteiger partial charge >= 0.3 is 0 Å². The third kappa shape index (κ3) is 1.44. The van der Waals surface area contributed by atoms with Crippen LogP contribution < -0.4 is 9.47 Å². The number of aliphatic hydroxyl groups excluding tert-OH is 1. The standard InChI is InChI=1S/C19H21NO4/c1-20-12-8-10-4-6-13(22-2)17-16(10)19(9-15(20)21)11(12)5-7-14(23-3)18(19)24-17/h4-7,12,15,18,21H,8-9H2,1-3H3/t12-,15-,18+,19+/m1/s1. The van der Waals surface area contributed by atoms with Gasteiger partial charge in [-0.1, -0.05) is 12.1 Å². The number of hydrogen-bond donors (Lipinski definition) is 1. The second-order valence-electron chi connectivity index (χ2n) is 7.07. The average molecular weight is 327 g/mol. The van der Waals surface area contributed by atoms with Gasteiger partial charge in [0.2, 0.25) is 0 Å². The molecular weight excluding hydrogens is 306 g/mol. The van der Waals surface area contributed by atoms with Crippen LogP contribution in [0.5, 0.6) is 11.5 Å². The summed E-state index contributed by atoms with van der Waals surface area (Å²) in [5.41, 5.74) is 3.44. The van der Waals surface area contributed by atoms with Crippen LogP contribution in [0.1, 0.15) is 17.5 Å². The van der Waals surface area contributed by atoms with Crippen LogP contribution in [0.2, 0.25) is 0 Å². The minimum absolute atomic E-state index is 0.182. The van der Waals surface area contributed by atoms with Gasteiger partial charge in [-0.3, -0.25) is 4.90 Å². The summed E-state index contributed by atoms with van der Waals surface area (Å²) in [7, 11) is 5.34. The normalized spacial score (nSPS) is 35.6. The Kier molecular flexibility index (Phi) is 2.73. The van der Waals surface area contributed by atoms with Gasteiger partial charge in [0.15, 0.2) is 17.6 Å². The Morgan fingerprint density at radius 3 is 2.83 bits per heavy atom. The predicted molar refractivity (Wildman–Crippen MR) is 88.1 cm³/mol. The molecule has 1 N–H and O–H groups in total. The summed E-state index contributed by atoms with van der Waals surface area (Å²) < 4.78 is 17.6. The lowest BCUT2D eigenvalue weighted by Gasteiger charge is -2.54. The Morgan fingerprint density at radius 2 is 2.08 bits per heavy atom. The van der Waals surface area contributed by atoms with Gasteiger partial charge in [0.25, 0.3) is 0 Å². The number of aliphatic hydroxyl groups is 1. The fourth-order valence-corrected chi connectivity index (χ4v) is 5.13. The monoisotopic (exact) mass is 327 g/mol. The van der Waals surface area contributed by atoms with Gasteiger partial charge in [-0.15, -0.1) is 0 Å². The highest BCUT2D eigenvalue weighted by Crippen LogP contribution is 2.63. The molecule has 1 aromatic carbocycles. The minimum atomic E-state index is -0.500. The molecule has 1 aromatic rings. The van der Waals surface area contributed by atoms with Crippen molar-refractivity contribution in [1.29, 1.82) is 0 Å². The Bertz CT molecular complexity index is 799. The van der Waals surface area contributed by atoms with Crippen molar-refractivity contribution in [2.45, 2.75) is 36.6 Å². The zero-order chi connectivity index (χ0) is 16.6. The molecule has 2 bridgehead atoms. The van der Waals surface area contributed by atoms with Crippen LogP contribution in [0.3, 0.4) is 0 Å². The summed E-state index contributed by atoms with van der Waals surface area (Å²) in [5, 5.41) is 10.7. The largest absolute Gasteiger partial charge is 0.497 e. The average Bonchev–Trinajstić information content (AvgIpc) is 2.93. The van der Waals surface area contributed by atoms with E-state index in [0.717, 1.165) is 23.7 Å². The summed E-state index contributed by atoms with van der Waals surface area (Å²) in [5.74, 6) is 2.37. The third-order valence-electron chi connectivity index (χ3n) is 6.23. The van der Waals surface area contributed by atoms with E-state index in [-0.39, 0.29) is 17.6 Å². The molecule has 1 saturated heterocycles. The number of methoxy groups -OCH3 is 2. The molecule has 126 valence electrons. The maximum absolute atomic E-state index is 10.7. The van der Waals surface area contributed by atoms with E-state index in [1.54, 1.807) is 14.2 Å². The van der Waals surface area contributed by atoms with Crippen LogP contribution in [0.15, 0.2) is 35.6 Å². The zero-order valence-electron chi connectivity index (χ0n) is 14.1. The number of piperidine rings is 1. The van der Waals surface area contributed by atoms with Crippen LogP contribution >= 0.6 is 0 Å². The molecule has 2 heterocycles. The third-order valence-corrected chi connectivity index (χ3v) is 6.23. The van der Waals surface area contributed by atoms with Crippen molar-refractivity contribution in [3.8, 4) is 11.5 Å². The molecule has 5 heteroatoms. The summed E-state index contributed by atoms with van der Waals surface area (Å²) >= 11 is 0. The smallest absolute Gasteiger partial charge is 0.169 e. The van der Waals surface area contributed by atoms with Crippen molar-refractivity contribution in [3.63, 3.8) is 0 Å². The van der Waals surface area contributed by atoms with E-state index < -0.39 is 6.23 Å². The number of hydrogen-bond acceptors (Lipinski definition) is 5. The number of allylic oxidation sites excluding steroid dienone is 2. The second kappa shape index (κ2) is 4.55. The van der Waals surface area contributed by atoms with E-state index in [4.69, 9.17) is 14.2 Å². The molecule has 0 saturated carbocycles. The van der Waals surface area contributed by atoms with Crippen LogP contribution in [0.4, 0.5) is 0 Å². The van der Waals surface area contributed by atoms with Crippen molar-refractivity contribution in [1.82, 2.24) is 4.90 Å². The molecule has 5 nitrogen and oxygen atoms in total. The van der Waals surface area contributed by atoms with Crippen molar-refractivity contribution < 1.29 is 19.3 Å². The van der Waals surface area contributed by atoms with Gasteiger partial charge < -0.3 is 19.3 Å². The van der Waals surface area contributed by atoms with Crippen molar-refractivity contribution in [2.75, 3.05) is 21.3 Å². The Balaban J connectivity index is 1.84. The highest BCUT2D eigenvalue weighted by molar-refractivity contribution is 5.67. The highest BCUT2D eigenvalue weighted by Gasteiger charge is 2.63. The van der Waals surface area contributed by atoms with Gasteiger partial charge in [-0.05, 0) is 36.7 Å². The molecule has 2 aliphatic heterocycles. The van der Waals surface area contributed by atoms with Gasteiger partial charge in [-0.2, -0.15) is 0 Å². The minimum Gasteiger partial charge on any atom is -0.497 e. The number of nitrogens with zero attached hydrogens (tertiary/aromatic N) is 1.